The van der Waals surface area contributed by atoms with Crippen LogP contribution in [-0.4, -0.2) is 47.4 Å². The van der Waals surface area contributed by atoms with Gasteiger partial charge in [-0.3, -0.25) is 4.57 Å². The Morgan fingerprint density at radius 3 is 2.36 bits per heavy atom. The van der Waals surface area contributed by atoms with Crippen LogP contribution in [0.25, 0.3) is 39.2 Å². The lowest BCUT2D eigenvalue weighted by molar-refractivity contribution is 0.0698. The Hall–Kier alpha value is -5.31. The fourth-order valence-corrected chi connectivity index (χ4v) is 4.72. The molecule has 0 aliphatic carbocycles. The summed E-state index contributed by atoms with van der Waals surface area (Å²) in [6.07, 6.45) is 0. The van der Waals surface area contributed by atoms with Gasteiger partial charge >= 0.3 is 12.0 Å². The number of rotatable bonds is 8. The fraction of sp³-hybridized carbons (Fsp3) is 0.100. The lowest BCUT2D eigenvalue weighted by Gasteiger charge is -2.13. The minimum Gasteiger partial charge on any atom is -0.478 e. The van der Waals surface area contributed by atoms with E-state index in [4.69, 9.17) is 4.74 Å². The Morgan fingerprint density at radius 1 is 0.872 bits per heavy atom. The molecule has 9 nitrogen and oxygen atoms in total. The number of hydrogen-bond acceptors (Lipinski definition) is 6. The quantitative estimate of drug-likeness (QED) is 0.285. The molecule has 0 aliphatic heterocycles. The van der Waals surface area contributed by atoms with Crippen LogP contribution < -0.4 is 4.74 Å². The van der Waals surface area contributed by atoms with E-state index in [1.54, 1.807) is 27.4 Å². The van der Waals surface area contributed by atoms with Crippen LogP contribution in [0.1, 0.15) is 22.8 Å². The molecule has 0 bridgehead atoms. The number of hydrogen-bond donors (Lipinski definition) is 1. The van der Waals surface area contributed by atoms with Gasteiger partial charge < -0.3 is 9.84 Å². The second-order valence-electron chi connectivity index (χ2n) is 8.88. The average molecular weight is 517 g/mol. The minimum atomic E-state index is -1.02. The third kappa shape index (κ3) is 4.50. The molecule has 39 heavy (non-hydrogen) atoms. The smallest absolute Gasteiger partial charge is 0.337 e. The summed E-state index contributed by atoms with van der Waals surface area (Å²) in [7, 11) is 0. The molecule has 6 aromatic rings. The van der Waals surface area contributed by atoms with Crippen molar-refractivity contribution in [2.75, 3.05) is 6.61 Å². The molecule has 0 saturated carbocycles. The van der Waals surface area contributed by atoms with Gasteiger partial charge in [-0.1, -0.05) is 72.8 Å². The van der Waals surface area contributed by atoms with Gasteiger partial charge in [-0.05, 0) is 58.3 Å². The van der Waals surface area contributed by atoms with Crippen molar-refractivity contribution in [3.63, 3.8) is 0 Å². The van der Waals surface area contributed by atoms with Gasteiger partial charge in [0.1, 0.15) is 0 Å². The summed E-state index contributed by atoms with van der Waals surface area (Å²) in [6.45, 7) is 2.82. The van der Waals surface area contributed by atoms with Crippen LogP contribution in [-0.2, 0) is 6.54 Å². The van der Waals surface area contributed by atoms with E-state index in [2.05, 4.69) is 20.5 Å². The van der Waals surface area contributed by atoms with Gasteiger partial charge in [-0.25, -0.2) is 9.48 Å². The van der Waals surface area contributed by atoms with E-state index in [1.807, 2.05) is 85.8 Å². The summed E-state index contributed by atoms with van der Waals surface area (Å²) in [4.78, 5) is 16.5. The molecule has 2 heterocycles. The molecular formula is C30H24N6O3. The maximum atomic E-state index is 12.0. The molecule has 0 radical (unpaired) electrons. The molecule has 6 rings (SSSR count). The van der Waals surface area contributed by atoms with Gasteiger partial charge in [0, 0.05) is 5.56 Å². The first-order chi connectivity index (χ1) is 19.1. The van der Waals surface area contributed by atoms with Gasteiger partial charge in [0.25, 0.3) is 0 Å². The van der Waals surface area contributed by atoms with Crippen molar-refractivity contribution in [3.05, 3.63) is 108 Å². The predicted octanol–water partition coefficient (Wildman–Crippen LogP) is 5.49. The number of fused-ring (bicyclic) bond motifs is 1. The maximum Gasteiger partial charge on any atom is 0.337 e. The van der Waals surface area contributed by atoms with Gasteiger partial charge in [0.05, 0.1) is 35.4 Å². The molecule has 192 valence electrons. The van der Waals surface area contributed by atoms with E-state index < -0.39 is 5.97 Å². The van der Waals surface area contributed by atoms with Crippen LogP contribution in [0.4, 0.5) is 0 Å². The van der Waals surface area contributed by atoms with Crippen LogP contribution >= 0.6 is 0 Å². The topological polar surface area (TPSA) is 108 Å². The van der Waals surface area contributed by atoms with Crippen molar-refractivity contribution in [1.82, 2.24) is 29.8 Å². The van der Waals surface area contributed by atoms with E-state index in [9.17, 15) is 9.90 Å². The summed E-state index contributed by atoms with van der Waals surface area (Å²) < 4.78 is 9.33. The van der Waals surface area contributed by atoms with E-state index in [-0.39, 0.29) is 5.56 Å². The number of carboxylic acid groups (broad SMARTS) is 1. The molecule has 1 N–H and O–H groups in total. The fourth-order valence-electron chi connectivity index (χ4n) is 4.72. The third-order valence-electron chi connectivity index (χ3n) is 6.46. The molecule has 0 aliphatic rings. The largest absolute Gasteiger partial charge is 0.478 e. The zero-order valence-electron chi connectivity index (χ0n) is 21.1. The zero-order valence-corrected chi connectivity index (χ0v) is 21.1. The third-order valence-corrected chi connectivity index (χ3v) is 6.46. The number of aromatic nitrogens is 6. The summed E-state index contributed by atoms with van der Waals surface area (Å²) in [5.41, 5.74) is 5.88. The number of benzene rings is 4. The van der Waals surface area contributed by atoms with Crippen LogP contribution in [0.5, 0.6) is 6.01 Å². The van der Waals surface area contributed by atoms with Crippen LogP contribution in [0, 0.1) is 0 Å². The molecule has 4 aromatic carbocycles. The highest BCUT2D eigenvalue weighted by Gasteiger charge is 2.20. The lowest BCUT2D eigenvalue weighted by atomic mass is 9.99. The number of nitrogens with zero attached hydrogens (tertiary/aromatic N) is 6. The number of ether oxygens (including phenoxy) is 1. The first kappa shape index (κ1) is 24.1. The van der Waals surface area contributed by atoms with Crippen LogP contribution in [0.3, 0.4) is 0 Å². The lowest BCUT2D eigenvalue weighted by Crippen LogP contribution is -2.05. The molecule has 9 heteroatoms. The van der Waals surface area contributed by atoms with E-state index in [1.165, 1.54) is 0 Å². The van der Waals surface area contributed by atoms with Crippen molar-refractivity contribution in [2.45, 2.75) is 13.5 Å². The van der Waals surface area contributed by atoms with Crippen LogP contribution in [0.15, 0.2) is 97.1 Å². The maximum absolute atomic E-state index is 12.0. The first-order valence-corrected chi connectivity index (χ1v) is 12.5. The molecule has 0 saturated heterocycles. The Morgan fingerprint density at radius 2 is 1.62 bits per heavy atom. The summed E-state index contributed by atoms with van der Waals surface area (Å²) in [5.74, 6) is -0.354. The first-order valence-electron chi connectivity index (χ1n) is 12.5. The average Bonchev–Trinajstić information content (AvgIpc) is 3.58. The highest BCUT2D eigenvalue weighted by molar-refractivity contribution is 6.02. The molecule has 0 amide bonds. The number of carbonyl (C=O) groups is 1. The van der Waals surface area contributed by atoms with Crippen molar-refractivity contribution >= 4 is 17.0 Å². The molecule has 0 fully saturated rings. The zero-order chi connectivity index (χ0) is 26.8. The predicted molar refractivity (Wildman–Crippen MR) is 147 cm³/mol. The number of carboxylic acids is 1. The monoisotopic (exact) mass is 516 g/mol. The second-order valence-corrected chi connectivity index (χ2v) is 8.88. The molecule has 0 atom stereocenters. The Bertz CT molecular complexity index is 1770. The molecule has 2 aromatic heterocycles. The number of tetrazole rings is 1. The Labute approximate surface area is 223 Å². The Balaban J connectivity index is 1.41. The standard InChI is InChI=1S/C30H24N6O3/c1-2-39-30-31-26-14-8-13-25(29(37)38)27(26)36(30)22-17-15-21(16-18-22)23-11-6-7-12-24(23)28-32-33-34-35(28)19-20-9-4-3-5-10-20/h3-18H,2,19H2,1H3,(H,37,38). The van der Waals surface area contributed by atoms with Gasteiger partial charge in [0.15, 0.2) is 5.82 Å². The van der Waals surface area contributed by atoms with Gasteiger partial charge in [-0.2, -0.15) is 4.98 Å². The van der Waals surface area contributed by atoms with Gasteiger partial charge in [0.2, 0.25) is 0 Å². The minimum absolute atomic E-state index is 0.158. The van der Waals surface area contributed by atoms with Crippen LogP contribution in [0.2, 0.25) is 0 Å². The molecule has 0 spiro atoms. The summed E-state index contributed by atoms with van der Waals surface area (Å²) in [5, 5.41) is 22.3. The van der Waals surface area contributed by atoms with E-state index >= 15 is 0 Å². The van der Waals surface area contributed by atoms with Crippen molar-refractivity contribution in [2.24, 2.45) is 0 Å². The van der Waals surface area contributed by atoms with E-state index in [0.717, 1.165) is 27.9 Å². The highest BCUT2D eigenvalue weighted by Crippen LogP contribution is 2.33. The van der Waals surface area contributed by atoms with Crippen molar-refractivity contribution < 1.29 is 14.6 Å². The number of aromatic carboxylic acids is 1. The number of para-hydroxylation sites is 1. The SMILES string of the molecule is CCOc1nc2cccc(C(=O)O)c2n1-c1ccc(-c2ccccc2-c2nnnn2Cc2ccccc2)cc1. The second kappa shape index (κ2) is 10.2. The molecular weight excluding hydrogens is 492 g/mol. The summed E-state index contributed by atoms with van der Waals surface area (Å²) >= 11 is 0. The molecule has 0 unspecified atom stereocenters. The highest BCUT2D eigenvalue weighted by atomic mass is 16.5. The summed E-state index contributed by atoms with van der Waals surface area (Å²) in [6, 6.07) is 31.3. The normalized spacial score (nSPS) is 11.1. The van der Waals surface area contributed by atoms with Crippen molar-refractivity contribution in [1.29, 1.82) is 0 Å². The van der Waals surface area contributed by atoms with E-state index in [0.29, 0.717) is 36.0 Å². The Kier molecular flexibility index (Phi) is 6.30. The van der Waals surface area contributed by atoms with Gasteiger partial charge in [-0.15, -0.1) is 5.10 Å². The van der Waals surface area contributed by atoms with Crippen molar-refractivity contribution in [3.8, 4) is 34.2 Å². The number of imidazole rings is 1.